The average Bonchev–Trinajstić information content (AvgIpc) is 2.30. The molecule has 0 amide bonds. The van der Waals surface area contributed by atoms with Crippen molar-refractivity contribution in [2.45, 2.75) is 13.8 Å². The number of H-pyrrole nitrogens is 1. The summed E-state index contributed by atoms with van der Waals surface area (Å²) in [5, 5.41) is 0. The van der Waals surface area contributed by atoms with E-state index in [9.17, 15) is 4.79 Å². The lowest BCUT2D eigenvalue weighted by Gasteiger charge is -2.11. The maximum Gasteiger partial charge on any atom is 0.250 e. The number of benzene rings is 1. The Labute approximate surface area is 105 Å². The number of nitrogens with one attached hydrogen (secondary N) is 1. The number of nitrogen functional groups attached to an aromatic ring is 1. The fraction of sp³-hybridized carbons (Fsp3) is 0.214. The molecule has 0 saturated carbocycles. The second-order valence-electron chi connectivity index (χ2n) is 4.33. The Balaban J connectivity index is 2.64. The molecule has 0 aliphatic rings. The molecule has 0 fully saturated rings. The zero-order valence-corrected chi connectivity index (χ0v) is 10.7. The fourth-order valence-electron chi connectivity index (χ4n) is 2.04. The summed E-state index contributed by atoms with van der Waals surface area (Å²) in [7, 11) is 1.65. The zero-order valence-electron chi connectivity index (χ0n) is 10.7. The van der Waals surface area contributed by atoms with E-state index in [1.54, 1.807) is 19.2 Å². The molecule has 1 aromatic carbocycles. The van der Waals surface area contributed by atoms with Gasteiger partial charge in [0.05, 0.1) is 7.11 Å². The molecule has 0 saturated heterocycles. The van der Waals surface area contributed by atoms with Crippen molar-refractivity contribution < 1.29 is 4.74 Å². The van der Waals surface area contributed by atoms with Gasteiger partial charge in [0.25, 0.3) is 0 Å². The van der Waals surface area contributed by atoms with Crippen molar-refractivity contribution in [2.75, 3.05) is 12.8 Å². The van der Waals surface area contributed by atoms with Gasteiger partial charge in [-0.3, -0.25) is 4.79 Å². The molecule has 1 heterocycles. The third-order valence-electron chi connectivity index (χ3n) is 2.92. The van der Waals surface area contributed by atoms with Gasteiger partial charge in [-0.1, -0.05) is 0 Å². The first kappa shape index (κ1) is 12.2. The van der Waals surface area contributed by atoms with Crippen LogP contribution in [0.1, 0.15) is 11.1 Å². The van der Waals surface area contributed by atoms with Gasteiger partial charge in [0.15, 0.2) is 0 Å². The number of nitrogens with two attached hydrogens (primary N) is 1. The Morgan fingerprint density at radius 2 is 1.83 bits per heavy atom. The Morgan fingerprint density at radius 3 is 2.44 bits per heavy atom. The number of hydrogen-bond donors (Lipinski definition) is 2. The minimum absolute atomic E-state index is 0.196. The van der Waals surface area contributed by atoms with E-state index in [0.717, 1.165) is 28.0 Å². The first-order valence-corrected chi connectivity index (χ1v) is 5.66. The summed E-state index contributed by atoms with van der Waals surface area (Å²) in [6.07, 6.45) is 0. The van der Waals surface area contributed by atoms with Crippen molar-refractivity contribution in [3.63, 3.8) is 0 Å². The minimum atomic E-state index is -0.196. The molecule has 0 bridgehead atoms. The fourth-order valence-corrected chi connectivity index (χ4v) is 2.04. The predicted molar refractivity (Wildman–Crippen MR) is 72.9 cm³/mol. The number of hydrogen-bond acceptors (Lipinski definition) is 3. The molecule has 4 nitrogen and oxygen atoms in total. The van der Waals surface area contributed by atoms with E-state index in [-0.39, 0.29) is 5.56 Å². The van der Waals surface area contributed by atoms with Crippen LogP contribution < -0.4 is 16.0 Å². The third-order valence-corrected chi connectivity index (χ3v) is 2.92. The lowest BCUT2D eigenvalue weighted by molar-refractivity contribution is 0.411. The number of aromatic amines is 1. The Bertz CT molecular complexity index is 645. The SMILES string of the molecule is COc1cc(C)c(-c2cc(N)[nH]c(=O)c2)cc1C. The largest absolute Gasteiger partial charge is 0.496 e. The van der Waals surface area contributed by atoms with E-state index in [2.05, 4.69) is 4.98 Å². The smallest absolute Gasteiger partial charge is 0.250 e. The molecule has 18 heavy (non-hydrogen) atoms. The Morgan fingerprint density at radius 1 is 1.11 bits per heavy atom. The summed E-state index contributed by atoms with van der Waals surface area (Å²) in [4.78, 5) is 14.0. The molecule has 2 aromatic rings. The van der Waals surface area contributed by atoms with E-state index >= 15 is 0 Å². The number of aromatic nitrogens is 1. The zero-order chi connectivity index (χ0) is 13.3. The summed E-state index contributed by atoms with van der Waals surface area (Å²) >= 11 is 0. The predicted octanol–water partition coefficient (Wildman–Crippen LogP) is 2.25. The van der Waals surface area contributed by atoms with Crippen LogP contribution in [0.2, 0.25) is 0 Å². The van der Waals surface area contributed by atoms with Crippen molar-refractivity contribution >= 4 is 5.82 Å². The van der Waals surface area contributed by atoms with Gasteiger partial charge in [-0.25, -0.2) is 0 Å². The highest BCUT2D eigenvalue weighted by molar-refractivity contribution is 5.71. The van der Waals surface area contributed by atoms with Gasteiger partial charge in [0.1, 0.15) is 11.6 Å². The highest BCUT2D eigenvalue weighted by Gasteiger charge is 2.08. The van der Waals surface area contributed by atoms with Gasteiger partial charge in [-0.2, -0.15) is 0 Å². The summed E-state index contributed by atoms with van der Waals surface area (Å²) in [5.41, 5.74) is 9.34. The summed E-state index contributed by atoms with van der Waals surface area (Å²) in [6, 6.07) is 7.27. The number of pyridine rings is 1. The van der Waals surface area contributed by atoms with Gasteiger partial charge in [-0.05, 0) is 54.3 Å². The van der Waals surface area contributed by atoms with Gasteiger partial charge in [0, 0.05) is 6.07 Å². The van der Waals surface area contributed by atoms with Crippen LogP contribution in [0.3, 0.4) is 0 Å². The molecule has 0 radical (unpaired) electrons. The van der Waals surface area contributed by atoms with Crippen molar-refractivity contribution in [3.8, 4) is 16.9 Å². The average molecular weight is 244 g/mol. The van der Waals surface area contributed by atoms with Crippen molar-refractivity contribution in [2.24, 2.45) is 0 Å². The second kappa shape index (κ2) is 4.56. The summed E-state index contributed by atoms with van der Waals surface area (Å²) < 4.78 is 5.27. The molecule has 0 aliphatic carbocycles. The Hall–Kier alpha value is -2.23. The van der Waals surface area contributed by atoms with Crippen LogP contribution >= 0.6 is 0 Å². The molecule has 0 aliphatic heterocycles. The lowest BCUT2D eigenvalue weighted by Crippen LogP contribution is -2.07. The van der Waals surface area contributed by atoms with Crippen molar-refractivity contribution in [3.05, 3.63) is 45.7 Å². The molecular weight excluding hydrogens is 228 g/mol. The van der Waals surface area contributed by atoms with Crippen LogP contribution in [0.4, 0.5) is 5.82 Å². The topological polar surface area (TPSA) is 68.1 Å². The number of rotatable bonds is 2. The number of anilines is 1. The van der Waals surface area contributed by atoms with Crippen LogP contribution in [-0.4, -0.2) is 12.1 Å². The third kappa shape index (κ3) is 2.22. The normalized spacial score (nSPS) is 10.4. The maximum atomic E-state index is 11.4. The van der Waals surface area contributed by atoms with Crippen LogP contribution in [0.15, 0.2) is 29.1 Å². The van der Waals surface area contributed by atoms with Crippen molar-refractivity contribution in [1.82, 2.24) is 4.98 Å². The van der Waals surface area contributed by atoms with Crippen LogP contribution in [-0.2, 0) is 0 Å². The van der Waals surface area contributed by atoms with E-state index < -0.39 is 0 Å². The molecule has 94 valence electrons. The van der Waals surface area contributed by atoms with Crippen LogP contribution in [0.5, 0.6) is 5.75 Å². The number of ether oxygens (including phenoxy) is 1. The van der Waals surface area contributed by atoms with Crippen LogP contribution in [0.25, 0.3) is 11.1 Å². The van der Waals surface area contributed by atoms with Gasteiger partial charge in [-0.15, -0.1) is 0 Å². The molecule has 4 heteroatoms. The Kier molecular flexibility index (Phi) is 3.10. The number of aryl methyl sites for hydroxylation is 2. The van der Waals surface area contributed by atoms with Gasteiger partial charge in [0.2, 0.25) is 5.56 Å². The molecule has 0 spiro atoms. The molecule has 0 atom stereocenters. The quantitative estimate of drug-likeness (QED) is 0.851. The highest BCUT2D eigenvalue weighted by Crippen LogP contribution is 2.29. The van der Waals surface area contributed by atoms with Gasteiger partial charge < -0.3 is 15.5 Å². The minimum Gasteiger partial charge on any atom is -0.496 e. The molecule has 0 unspecified atom stereocenters. The van der Waals surface area contributed by atoms with E-state index in [4.69, 9.17) is 10.5 Å². The number of methoxy groups -OCH3 is 1. The van der Waals surface area contributed by atoms with E-state index in [1.165, 1.54) is 0 Å². The standard InChI is InChI=1S/C14H16N2O2/c1-8-5-12(18-3)9(2)4-11(8)10-6-13(15)16-14(17)7-10/h4-7H,1-3H3,(H3,15,16,17). The highest BCUT2D eigenvalue weighted by atomic mass is 16.5. The van der Waals surface area contributed by atoms with E-state index in [1.807, 2.05) is 26.0 Å². The lowest BCUT2D eigenvalue weighted by atomic mass is 9.98. The van der Waals surface area contributed by atoms with E-state index in [0.29, 0.717) is 5.82 Å². The van der Waals surface area contributed by atoms with Crippen molar-refractivity contribution in [1.29, 1.82) is 0 Å². The van der Waals surface area contributed by atoms with Gasteiger partial charge >= 0.3 is 0 Å². The first-order chi connectivity index (χ1) is 8.51. The molecular formula is C14H16N2O2. The maximum absolute atomic E-state index is 11.4. The molecule has 1 aromatic heterocycles. The van der Waals surface area contributed by atoms with Crippen LogP contribution in [0, 0.1) is 13.8 Å². The monoisotopic (exact) mass is 244 g/mol. The summed E-state index contributed by atoms with van der Waals surface area (Å²) in [6.45, 7) is 3.95. The molecule has 2 rings (SSSR count). The summed E-state index contributed by atoms with van der Waals surface area (Å²) in [5.74, 6) is 1.21. The second-order valence-corrected chi connectivity index (χ2v) is 4.33. The first-order valence-electron chi connectivity index (χ1n) is 5.66. The molecule has 3 N–H and O–H groups in total.